The van der Waals surface area contributed by atoms with E-state index in [1.54, 1.807) is 0 Å². The van der Waals surface area contributed by atoms with Crippen LogP contribution in [0.1, 0.15) is 23.7 Å². The van der Waals surface area contributed by atoms with Gasteiger partial charge >= 0.3 is 5.97 Å². The molecule has 102 valence electrons. The molecule has 20 heavy (non-hydrogen) atoms. The predicted molar refractivity (Wildman–Crippen MR) is 77.9 cm³/mol. The van der Waals surface area contributed by atoms with Gasteiger partial charge in [0.2, 0.25) is 0 Å². The van der Waals surface area contributed by atoms with Gasteiger partial charge < -0.3 is 10.5 Å². The Hall–Kier alpha value is -2.29. The van der Waals surface area contributed by atoms with E-state index in [1.165, 1.54) is 5.56 Å². The molecule has 1 aliphatic rings. The monoisotopic (exact) mass is 267 g/mol. The molecule has 2 atom stereocenters. The molecule has 0 bridgehead atoms. The molecule has 0 aliphatic carbocycles. The largest absolute Gasteiger partial charge is 0.457 e. The second-order valence-electron chi connectivity index (χ2n) is 5.23. The van der Waals surface area contributed by atoms with Crippen molar-refractivity contribution < 1.29 is 9.53 Å². The molecule has 0 amide bonds. The number of benzene rings is 2. The van der Waals surface area contributed by atoms with Crippen LogP contribution in [0.2, 0.25) is 0 Å². The van der Waals surface area contributed by atoms with Crippen molar-refractivity contribution in [2.75, 3.05) is 5.73 Å². The van der Waals surface area contributed by atoms with Gasteiger partial charge in [-0.2, -0.15) is 0 Å². The number of nitrogens with two attached hydrogens (primary N) is 1. The number of hydrogen-bond donors (Lipinski definition) is 1. The first kappa shape index (κ1) is 12.7. The standard InChI is InChI=1S/C17H17NO2/c18-15-8-4-7-13(10-15)17-14(11-16(19)20-17)9-12-5-2-1-3-6-12/h1-8,10,14,17H,9,11,18H2. The van der Waals surface area contributed by atoms with Crippen molar-refractivity contribution in [3.05, 3.63) is 65.7 Å². The smallest absolute Gasteiger partial charge is 0.306 e. The number of cyclic esters (lactones) is 1. The minimum Gasteiger partial charge on any atom is -0.457 e. The first-order chi connectivity index (χ1) is 9.72. The molecule has 2 aromatic rings. The second-order valence-corrected chi connectivity index (χ2v) is 5.23. The third-order valence-electron chi connectivity index (χ3n) is 3.70. The van der Waals surface area contributed by atoms with Gasteiger partial charge in [-0.05, 0) is 29.7 Å². The van der Waals surface area contributed by atoms with Crippen molar-refractivity contribution in [3.8, 4) is 0 Å². The maximum Gasteiger partial charge on any atom is 0.306 e. The Morgan fingerprint density at radius 2 is 1.90 bits per heavy atom. The van der Waals surface area contributed by atoms with Crippen LogP contribution in [0.3, 0.4) is 0 Å². The summed E-state index contributed by atoms with van der Waals surface area (Å²) in [5, 5.41) is 0. The Morgan fingerprint density at radius 1 is 1.10 bits per heavy atom. The summed E-state index contributed by atoms with van der Waals surface area (Å²) in [4.78, 5) is 11.7. The fraction of sp³-hybridized carbons (Fsp3) is 0.235. The van der Waals surface area contributed by atoms with Crippen LogP contribution in [0, 0.1) is 5.92 Å². The van der Waals surface area contributed by atoms with Crippen LogP contribution < -0.4 is 5.73 Å². The highest BCUT2D eigenvalue weighted by Crippen LogP contribution is 2.37. The van der Waals surface area contributed by atoms with Crippen LogP contribution in [0.25, 0.3) is 0 Å². The van der Waals surface area contributed by atoms with Gasteiger partial charge in [-0.1, -0.05) is 42.5 Å². The molecule has 3 rings (SSSR count). The van der Waals surface area contributed by atoms with Crippen molar-refractivity contribution >= 4 is 11.7 Å². The molecule has 3 heteroatoms. The van der Waals surface area contributed by atoms with E-state index in [0.29, 0.717) is 12.1 Å². The lowest BCUT2D eigenvalue weighted by Crippen LogP contribution is -2.10. The summed E-state index contributed by atoms with van der Waals surface area (Å²) >= 11 is 0. The van der Waals surface area contributed by atoms with Gasteiger partial charge in [-0.25, -0.2) is 0 Å². The zero-order valence-corrected chi connectivity index (χ0v) is 11.2. The summed E-state index contributed by atoms with van der Waals surface area (Å²) in [5.41, 5.74) is 8.73. The minimum atomic E-state index is -0.189. The normalized spacial score (nSPS) is 21.7. The molecule has 0 saturated carbocycles. The first-order valence-electron chi connectivity index (χ1n) is 6.81. The molecule has 1 saturated heterocycles. The number of rotatable bonds is 3. The Kier molecular flexibility index (Phi) is 3.42. The molecule has 0 radical (unpaired) electrons. The molecule has 0 spiro atoms. The lowest BCUT2D eigenvalue weighted by molar-refractivity contribution is -0.141. The average Bonchev–Trinajstić information content (AvgIpc) is 2.81. The Labute approximate surface area is 118 Å². The van der Waals surface area contributed by atoms with Gasteiger partial charge in [-0.15, -0.1) is 0 Å². The summed E-state index contributed by atoms with van der Waals surface area (Å²) in [6, 6.07) is 17.8. The molecule has 2 aromatic carbocycles. The molecule has 1 aliphatic heterocycles. The molecular formula is C17H17NO2. The van der Waals surface area contributed by atoms with Crippen LogP contribution in [0.5, 0.6) is 0 Å². The van der Waals surface area contributed by atoms with E-state index < -0.39 is 0 Å². The summed E-state index contributed by atoms with van der Waals surface area (Å²) in [7, 11) is 0. The maximum atomic E-state index is 11.7. The number of carbonyl (C=O) groups is 1. The van der Waals surface area contributed by atoms with Crippen molar-refractivity contribution in [1.82, 2.24) is 0 Å². The van der Waals surface area contributed by atoms with E-state index in [2.05, 4.69) is 12.1 Å². The number of ether oxygens (including phenoxy) is 1. The van der Waals surface area contributed by atoms with Gasteiger partial charge in [0, 0.05) is 11.6 Å². The maximum absolute atomic E-state index is 11.7. The summed E-state index contributed by atoms with van der Waals surface area (Å²) in [6.45, 7) is 0. The molecule has 1 heterocycles. The van der Waals surface area contributed by atoms with Crippen molar-refractivity contribution in [2.24, 2.45) is 5.92 Å². The van der Waals surface area contributed by atoms with Crippen LogP contribution in [0.4, 0.5) is 5.69 Å². The molecule has 3 nitrogen and oxygen atoms in total. The Bertz CT molecular complexity index is 609. The zero-order valence-electron chi connectivity index (χ0n) is 11.2. The van der Waals surface area contributed by atoms with Crippen LogP contribution in [-0.2, 0) is 16.0 Å². The summed E-state index contributed by atoms with van der Waals surface area (Å²) in [5.74, 6) is 0.0463. The highest BCUT2D eigenvalue weighted by Gasteiger charge is 2.35. The van der Waals surface area contributed by atoms with E-state index in [1.807, 2.05) is 42.5 Å². The van der Waals surface area contributed by atoms with E-state index in [0.717, 1.165) is 12.0 Å². The Morgan fingerprint density at radius 3 is 2.65 bits per heavy atom. The quantitative estimate of drug-likeness (QED) is 0.686. The lowest BCUT2D eigenvalue weighted by atomic mass is 9.89. The van der Waals surface area contributed by atoms with Crippen LogP contribution >= 0.6 is 0 Å². The van der Waals surface area contributed by atoms with Crippen LogP contribution in [0.15, 0.2) is 54.6 Å². The zero-order chi connectivity index (χ0) is 13.9. The van der Waals surface area contributed by atoms with Gasteiger partial charge in [-0.3, -0.25) is 4.79 Å². The highest BCUT2D eigenvalue weighted by molar-refractivity contribution is 5.72. The number of nitrogen functional groups attached to an aromatic ring is 1. The predicted octanol–water partition coefficient (Wildman–Crippen LogP) is 3.12. The van der Waals surface area contributed by atoms with Crippen molar-refractivity contribution in [3.63, 3.8) is 0 Å². The first-order valence-corrected chi connectivity index (χ1v) is 6.81. The van der Waals surface area contributed by atoms with E-state index >= 15 is 0 Å². The van der Waals surface area contributed by atoms with Gasteiger partial charge in [0.1, 0.15) is 6.10 Å². The Balaban J connectivity index is 1.83. The summed E-state index contributed by atoms with van der Waals surface area (Å²) in [6.07, 6.45) is 1.12. The van der Waals surface area contributed by atoms with Crippen molar-refractivity contribution in [1.29, 1.82) is 0 Å². The van der Waals surface area contributed by atoms with Crippen LogP contribution in [-0.4, -0.2) is 5.97 Å². The number of hydrogen-bond acceptors (Lipinski definition) is 3. The fourth-order valence-corrected chi connectivity index (χ4v) is 2.78. The van der Waals surface area contributed by atoms with Crippen molar-refractivity contribution in [2.45, 2.75) is 18.9 Å². The molecule has 1 fully saturated rings. The molecular weight excluding hydrogens is 250 g/mol. The fourth-order valence-electron chi connectivity index (χ4n) is 2.78. The van der Waals surface area contributed by atoms with E-state index in [-0.39, 0.29) is 18.0 Å². The third-order valence-corrected chi connectivity index (χ3v) is 3.70. The SMILES string of the molecule is Nc1cccc(C2OC(=O)CC2Cc2ccccc2)c1. The van der Waals surface area contributed by atoms with E-state index in [4.69, 9.17) is 10.5 Å². The lowest BCUT2D eigenvalue weighted by Gasteiger charge is -2.18. The van der Waals surface area contributed by atoms with Gasteiger partial charge in [0.05, 0.1) is 6.42 Å². The number of esters is 1. The minimum absolute atomic E-state index is 0.127. The van der Waals surface area contributed by atoms with E-state index in [9.17, 15) is 4.79 Å². The third kappa shape index (κ3) is 2.67. The van der Waals surface area contributed by atoms with Gasteiger partial charge in [0.25, 0.3) is 0 Å². The number of carbonyl (C=O) groups excluding carboxylic acids is 1. The van der Waals surface area contributed by atoms with Gasteiger partial charge in [0.15, 0.2) is 0 Å². The highest BCUT2D eigenvalue weighted by atomic mass is 16.5. The molecule has 2 unspecified atom stereocenters. The number of anilines is 1. The second kappa shape index (κ2) is 5.37. The molecule has 2 N–H and O–H groups in total. The average molecular weight is 267 g/mol. The summed E-state index contributed by atoms with van der Waals surface area (Å²) < 4.78 is 5.49. The topological polar surface area (TPSA) is 52.3 Å². The molecule has 0 aromatic heterocycles.